The van der Waals surface area contributed by atoms with Crippen LogP contribution in [-0.2, 0) is 20.8 Å². The van der Waals surface area contributed by atoms with Crippen molar-refractivity contribution in [1.29, 1.82) is 0 Å². The highest BCUT2D eigenvalue weighted by Crippen LogP contribution is 2.29. The zero-order chi connectivity index (χ0) is 20.1. The number of anilines is 1. The average molecular weight is 396 g/mol. The monoisotopic (exact) mass is 396 g/mol. The number of nitrogens with zero attached hydrogens (tertiary/aromatic N) is 1. The third-order valence-electron chi connectivity index (χ3n) is 3.77. The van der Waals surface area contributed by atoms with Crippen LogP contribution < -0.4 is 5.32 Å². The summed E-state index contributed by atoms with van der Waals surface area (Å²) in [5, 5.41) is 22.1. The first-order valence-corrected chi connectivity index (χ1v) is 8.50. The van der Waals surface area contributed by atoms with Gasteiger partial charge in [-0.05, 0) is 18.8 Å². The quantitative estimate of drug-likeness (QED) is 0.552. The van der Waals surface area contributed by atoms with Crippen LogP contribution in [0.25, 0.3) is 0 Å². The number of Topliss-reactive ketones (excluding diaryl/α,β-unsaturated/α-hetero) is 1. The van der Waals surface area contributed by atoms with Crippen LogP contribution >= 0.6 is 11.3 Å². The van der Waals surface area contributed by atoms with E-state index in [9.17, 15) is 32.7 Å². The molecular formula is C15H19F3N2O5S. The zero-order valence-electron chi connectivity index (χ0n) is 14.1. The number of ketones is 1. The number of carbonyl (C=O) groups excluding carboxylic acids is 2. The molecule has 146 valence electrons. The molecule has 0 bridgehead atoms. The number of thiazole rings is 1. The van der Waals surface area contributed by atoms with E-state index in [2.05, 4.69) is 4.98 Å². The highest BCUT2D eigenvalue weighted by molar-refractivity contribution is 7.13. The van der Waals surface area contributed by atoms with Crippen molar-refractivity contribution in [3.63, 3.8) is 0 Å². The fraction of sp³-hybridized carbons (Fsp3) is 0.600. The van der Waals surface area contributed by atoms with Crippen molar-refractivity contribution in [2.75, 3.05) is 5.32 Å². The van der Waals surface area contributed by atoms with Crippen molar-refractivity contribution in [2.45, 2.75) is 51.3 Å². The summed E-state index contributed by atoms with van der Waals surface area (Å²) in [5.74, 6) is -4.39. The number of aromatic nitrogens is 1. The van der Waals surface area contributed by atoms with Crippen molar-refractivity contribution in [2.24, 2.45) is 5.92 Å². The molecule has 0 saturated carbocycles. The molecule has 1 atom stereocenters. The Bertz CT molecular complexity index is 674. The normalized spacial score (nSPS) is 14.1. The van der Waals surface area contributed by atoms with E-state index in [1.165, 1.54) is 5.38 Å². The smallest absolute Gasteiger partial charge is 0.471 e. The van der Waals surface area contributed by atoms with Gasteiger partial charge in [0.1, 0.15) is 12.2 Å². The van der Waals surface area contributed by atoms with Gasteiger partial charge in [0.15, 0.2) is 5.13 Å². The second-order valence-electron chi connectivity index (χ2n) is 6.14. The number of carbonyl (C=O) groups is 3. The van der Waals surface area contributed by atoms with E-state index in [0.717, 1.165) is 11.3 Å². The van der Waals surface area contributed by atoms with Gasteiger partial charge in [0.2, 0.25) is 0 Å². The van der Waals surface area contributed by atoms with Crippen LogP contribution in [-0.4, -0.2) is 44.6 Å². The molecule has 0 radical (unpaired) electrons. The predicted octanol–water partition coefficient (Wildman–Crippen LogP) is 2.40. The second-order valence-corrected chi connectivity index (χ2v) is 7.00. The number of halogens is 3. The van der Waals surface area contributed by atoms with E-state index in [-0.39, 0.29) is 30.3 Å². The Hall–Kier alpha value is -2.01. The molecule has 1 rings (SSSR count). The van der Waals surface area contributed by atoms with Crippen LogP contribution in [0.5, 0.6) is 0 Å². The molecule has 1 amide bonds. The minimum atomic E-state index is -5.02. The molecule has 0 aliphatic heterocycles. The van der Waals surface area contributed by atoms with Crippen LogP contribution in [0.1, 0.15) is 38.8 Å². The number of nitrogens with one attached hydrogen (secondary N) is 1. The molecule has 0 aromatic carbocycles. The number of aryl methyl sites for hydroxylation is 1. The van der Waals surface area contributed by atoms with Crippen molar-refractivity contribution in [3.8, 4) is 0 Å². The molecule has 0 saturated heterocycles. The number of hydrogen-bond acceptors (Lipinski definition) is 6. The second kappa shape index (κ2) is 8.58. The van der Waals surface area contributed by atoms with Crippen LogP contribution in [0.3, 0.4) is 0 Å². The Kier molecular flexibility index (Phi) is 7.27. The van der Waals surface area contributed by atoms with Gasteiger partial charge in [0.25, 0.3) is 0 Å². The van der Waals surface area contributed by atoms with Gasteiger partial charge in [-0.15, -0.1) is 11.3 Å². The van der Waals surface area contributed by atoms with E-state index in [4.69, 9.17) is 5.11 Å². The largest absolute Gasteiger partial charge is 0.481 e. The molecule has 1 heterocycles. The zero-order valence-corrected chi connectivity index (χ0v) is 14.9. The van der Waals surface area contributed by atoms with Crippen molar-refractivity contribution in [3.05, 3.63) is 11.1 Å². The van der Waals surface area contributed by atoms with Gasteiger partial charge in [-0.1, -0.05) is 13.8 Å². The van der Waals surface area contributed by atoms with Crippen LogP contribution in [0.2, 0.25) is 0 Å². The molecule has 1 unspecified atom stereocenters. The van der Waals surface area contributed by atoms with E-state index in [0.29, 0.717) is 5.69 Å². The van der Waals surface area contributed by atoms with Gasteiger partial charge in [-0.2, -0.15) is 13.2 Å². The summed E-state index contributed by atoms with van der Waals surface area (Å²) in [4.78, 5) is 37.0. The lowest BCUT2D eigenvalue weighted by Crippen LogP contribution is -2.38. The van der Waals surface area contributed by atoms with Gasteiger partial charge < -0.3 is 10.2 Å². The first kappa shape index (κ1) is 22.0. The summed E-state index contributed by atoms with van der Waals surface area (Å²) in [6.07, 6.45) is -5.85. The summed E-state index contributed by atoms with van der Waals surface area (Å²) in [7, 11) is 0. The molecule has 1 aromatic rings. The fourth-order valence-corrected chi connectivity index (χ4v) is 2.89. The molecule has 0 fully saturated rings. The number of aliphatic hydroxyl groups is 1. The fourth-order valence-electron chi connectivity index (χ4n) is 2.15. The summed E-state index contributed by atoms with van der Waals surface area (Å²) >= 11 is 0.806. The average Bonchev–Trinajstić information content (AvgIpc) is 2.90. The van der Waals surface area contributed by atoms with Crippen LogP contribution in [0, 0.1) is 5.92 Å². The lowest BCUT2D eigenvalue weighted by atomic mass is 9.81. The third kappa shape index (κ3) is 6.71. The Morgan fingerprint density at radius 2 is 1.92 bits per heavy atom. The molecule has 11 heteroatoms. The Morgan fingerprint density at radius 1 is 1.31 bits per heavy atom. The predicted molar refractivity (Wildman–Crippen MR) is 86.8 cm³/mol. The molecule has 3 N–H and O–H groups in total. The minimum absolute atomic E-state index is 0.0619. The first-order chi connectivity index (χ1) is 11.8. The highest BCUT2D eigenvalue weighted by atomic mass is 32.1. The van der Waals surface area contributed by atoms with Gasteiger partial charge in [-0.25, -0.2) is 4.98 Å². The molecule has 1 aromatic heterocycles. The number of rotatable bonds is 9. The van der Waals surface area contributed by atoms with Gasteiger partial charge in [-0.3, -0.25) is 19.7 Å². The summed E-state index contributed by atoms with van der Waals surface area (Å²) in [6.45, 7) is 3.34. The lowest BCUT2D eigenvalue weighted by molar-refractivity contribution is -0.167. The minimum Gasteiger partial charge on any atom is -0.481 e. The van der Waals surface area contributed by atoms with Gasteiger partial charge >= 0.3 is 18.1 Å². The highest BCUT2D eigenvalue weighted by Gasteiger charge is 2.39. The maximum Gasteiger partial charge on any atom is 0.471 e. The Morgan fingerprint density at radius 3 is 2.42 bits per heavy atom. The first-order valence-electron chi connectivity index (χ1n) is 7.62. The summed E-state index contributed by atoms with van der Waals surface area (Å²) in [5.41, 5.74) is -1.12. The van der Waals surface area contributed by atoms with Crippen molar-refractivity contribution in [1.82, 2.24) is 4.98 Å². The Balaban J connectivity index is 2.71. The topological polar surface area (TPSA) is 117 Å². The van der Waals surface area contributed by atoms with Crippen molar-refractivity contribution >= 4 is 34.1 Å². The molecule has 26 heavy (non-hydrogen) atoms. The Labute approximate surface area is 151 Å². The number of amides is 1. The SMILES string of the molecule is CC(C)C(O)(CCc1csc(NC(=O)C(F)(F)F)n1)CC(=O)CC(=O)O. The molecule has 0 aliphatic carbocycles. The number of carboxylic acid groups (broad SMARTS) is 1. The van der Waals surface area contributed by atoms with Gasteiger partial charge in [0.05, 0.1) is 11.3 Å². The van der Waals surface area contributed by atoms with Crippen LogP contribution in [0.15, 0.2) is 5.38 Å². The molecule has 7 nitrogen and oxygen atoms in total. The van der Waals surface area contributed by atoms with Gasteiger partial charge in [0, 0.05) is 11.8 Å². The molecule has 0 spiro atoms. The number of alkyl halides is 3. The molecular weight excluding hydrogens is 377 g/mol. The maximum absolute atomic E-state index is 12.2. The number of carboxylic acids is 1. The van der Waals surface area contributed by atoms with Crippen LogP contribution in [0.4, 0.5) is 18.3 Å². The van der Waals surface area contributed by atoms with E-state index < -0.39 is 35.9 Å². The number of aliphatic carboxylic acids is 1. The summed E-state index contributed by atoms with van der Waals surface area (Å²) < 4.78 is 36.6. The summed E-state index contributed by atoms with van der Waals surface area (Å²) in [6, 6.07) is 0. The number of hydrogen-bond donors (Lipinski definition) is 3. The van der Waals surface area contributed by atoms with Crippen molar-refractivity contribution < 1.29 is 37.8 Å². The maximum atomic E-state index is 12.2. The lowest BCUT2D eigenvalue weighted by Gasteiger charge is -2.31. The molecule has 0 aliphatic rings. The van der Waals surface area contributed by atoms with E-state index >= 15 is 0 Å². The van der Waals surface area contributed by atoms with E-state index in [1.807, 2.05) is 0 Å². The van der Waals surface area contributed by atoms with E-state index in [1.54, 1.807) is 19.2 Å². The third-order valence-corrected chi connectivity index (χ3v) is 4.58. The standard InChI is InChI=1S/C15H19F3N2O5S/c1-8(2)14(25,6-10(21)5-11(22)23)4-3-9-7-26-13(19-9)20-12(24)15(16,17)18/h7-8,25H,3-6H2,1-2H3,(H,22,23)(H,19,20,24).